The van der Waals surface area contributed by atoms with Crippen LogP contribution in [0, 0.1) is 5.92 Å². The Hall–Kier alpha value is -2.27. The van der Waals surface area contributed by atoms with Crippen LogP contribution in [0.5, 0.6) is 0 Å². The molecule has 144 valence electrons. The molecule has 0 aliphatic carbocycles. The van der Waals surface area contributed by atoms with Gasteiger partial charge in [-0.15, -0.1) is 11.8 Å². The van der Waals surface area contributed by atoms with Crippen LogP contribution in [0.4, 0.5) is 5.69 Å². The highest BCUT2D eigenvalue weighted by Gasteiger charge is 2.22. The van der Waals surface area contributed by atoms with E-state index >= 15 is 0 Å². The number of benzene rings is 2. The van der Waals surface area contributed by atoms with Crippen LogP contribution in [0.2, 0.25) is 0 Å². The Morgan fingerprint density at radius 3 is 2.22 bits per heavy atom. The van der Waals surface area contributed by atoms with Crippen molar-refractivity contribution < 1.29 is 9.59 Å². The first-order valence-corrected chi connectivity index (χ1v) is 10.3. The summed E-state index contributed by atoms with van der Waals surface area (Å²) in [4.78, 5) is 23.6. The Morgan fingerprint density at radius 2 is 1.63 bits per heavy atom. The van der Waals surface area contributed by atoms with Gasteiger partial charge in [0, 0.05) is 24.9 Å². The van der Waals surface area contributed by atoms with E-state index in [9.17, 15) is 9.59 Å². The highest BCUT2D eigenvalue weighted by molar-refractivity contribution is 7.99. The Morgan fingerprint density at radius 1 is 0.963 bits per heavy atom. The Kier molecular flexibility index (Phi) is 8.40. The molecule has 2 aromatic rings. The third-order valence-corrected chi connectivity index (χ3v) is 5.74. The molecule has 27 heavy (non-hydrogen) atoms. The van der Waals surface area contributed by atoms with Gasteiger partial charge < -0.3 is 10.6 Å². The van der Waals surface area contributed by atoms with E-state index in [4.69, 9.17) is 0 Å². The van der Waals surface area contributed by atoms with Crippen molar-refractivity contribution >= 4 is 29.3 Å². The molecule has 0 heterocycles. The third-order valence-electron chi connectivity index (χ3n) is 4.12. The van der Waals surface area contributed by atoms with Crippen LogP contribution in [0.1, 0.15) is 31.9 Å². The van der Waals surface area contributed by atoms with Gasteiger partial charge in [-0.25, -0.2) is 0 Å². The molecule has 2 aromatic carbocycles. The summed E-state index contributed by atoms with van der Waals surface area (Å²) < 4.78 is 0. The maximum Gasteiger partial charge on any atom is 0.233 e. The summed E-state index contributed by atoms with van der Waals surface area (Å²) in [7, 11) is 0. The Bertz CT molecular complexity index is 730. The van der Waals surface area contributed by atoms with Crippen molar-refractivity contribution in [2.45, 2.75) is 38.2 Å². The second kappa shape index (κ2) is 10.8. The zero-order chi connectivity index (χ0) is 19.6. The smallest absolute Gasteiger partial charge is 0.233 e. The van der Waals surface area contributed by atoms with Crippen molar-refractivity contribution in [3.8, 4) is 0 Å². The van der Waals surface area contributed by atoms with Gasteiger partial charge in [0.15, 0.2) is 0 Å². The normalized spacial score (nSPS) is 11.9. The fraction of sp³-hybridized carbons (Fsp3) is 0.364. The lowest BCUT2D eigenvalue weighted by atomic mass is 10.1. The first kappa shape index (κ1) is 21.0. The van der Waals surface area contributed by atoms with Crippen molar-refractivity contribution in [1.82, 2.24) is 5.32 Å². The lowest BCUT2D eigenvalue weighted by Gasteiger charge is -2.20. The molecule has 2 rings (SSSR count). The lowest BCUT2D eigenvalue weighted by Crippen LogP contribution is -2.37. The molecule has 0 aromatic heterocycles. The minimum Gasteiger partial charge on any atom is -0.355 e. The molecular weight excluding hydrogens is 356 g/mol. The van der Waals surface area contributed by atoms with E-state index in [1.807, 2.05) is 42.5 Å². The fourth-order valence-corrected chi connectivity index (χ4v) is 3.90. The SMILES string of the molecule is CC(=O)Nc1ccc(CCNC(=O)C(SCc2ccccc2)C(C)C)cc1. The monoisotopic (exact) mass is 384 g/mol. The second-order valence-corrected chi connectivity index (χ2v) is 8.01. The van der Waals surface area contributed by atoms with E-state index in [1.54, 1.807) is 11.8 Å². The largest absolute Gasteiger partial charge is 0.355 e. The standard InChI is InChI=1S/C22H28N2O2S/c1-16(2)21(27-15-19-7-5-4-6-8-19)22(26)23-14-13-18-9-11-20(12-10-18)24-17(3)25/h4-12,16,21H,13-15H2,1-3H3,(H,23,26)(H,24,25). The summed E-state index contributed by atoms with van der Waals surface area (Å²) in [6.07, 6.45) is 0.764. The molecule has 0 saturated heterocycles. The summed E-state index contributed by atoms with van der Waals surface area (Å²) in [5.74, 6) is 1.13. The highest BCUT2D eigenvalue weighted by atomic mass is 32.2. The quantitative estimate of drug-likeness (QED) is 0.679. The second-order valence-electron chi connectivity index (χ2n) is 6.88. The van der Waals surface area contributed by atoms with Crippen LogP contribution >= 0.6 is 11.8 Å². The van der Waals surface area contributed by atoms with Crippen LogP contribution in [-0.2, 0) is 21.8 Å². The maximum atomic E-state index is 12.6. The lowest BCUT2D eigenvalue weighted by molar-refractivity contribution is -0.121. The van der Waals surface area contributed by atoms with Gasteiger partial charge in [-0.3, -0.25) is 9.59 Å². The van der Waals surface area contributed by atoms with Crippen LogP contribution in [0.15, 0.2) is 54.6 Å². The molecule has 0 aliphatic rings. The zero-order valence-corrected chi connectivity index (χ0v) is 17.0. The van der Waals surface area contributed by atoms with E-state index in [0.29, 0.717) is 6.54 Å². The number of carbonyl (C=O) groups excluding carboxylic acids is 2. The molecule has 4 nitrogen and oxygen atoms in total. The minimum absolute atomic E-state index is 0.0626. The van der Waals surface area contributed by atoms with Crippen molar-refractivity contribution in [2.75, 3.05) is 11.9 Å². The molecule has 2 amide bonds. The number of nitrogens with one attached hydrogen (secondary N) is 2. The van der Waals surface area contributed by atoms with Gasteiger partial charge in [-0.05, 0) is 35.6 Å². The van der Waals surface area contributed by atoms with Gasteiger partial charge in [-0.2, -0.15) is 0 Å². The molecule has 0 saturated carbocycles. The average molecular weight is 385 g/mol. The number of anilines is 1. The fourth-order valence-electron chi connectivity index (χ4n) is 2.72. The maximum absolute atomic E-state index is 12.6. The van der Waals surface area contributed by atoms with Crippen molar-refractivity contribution in [1.29, 1.82) is 0 Å². The van der Waals surface area contributed by atoms with E-state index in [1.165, 1.54) is 12.5 Å². The molecule has 0 fully saturated rings. The third kappa shape index (κ3) is 7.47. The predicted molar refractivity (Wildman–Crippen MR) is 114 cm³/mol. The molecule has 0 radical (unpaired) electrons. The molecule has 1 atom stereocenters. The van der Waals surface area contributed by atoms with Crippen molar-refractivity contribution in [3.63, 3.8) is 0 Å². The van der Waals surface area contributed by atoms with Crippen LogP contribution in [-0.4, -0.2) is 23.6 Å². The molecule has 1 unspecified atom stereocenters. The summed E-state index contributed by atoms with van der Waals surface area (Å²) in [5.41, 5.74) is 3.15. The minimum atomic E-state index is -0.0808. The number of rotatable bonds is 9. The van der Waals surface area contributed by atoms with Crippen molar-refractivity contribution in [2.24, 2.45) is 5.92 Å². The zero-order valence-electron chi connectivity index (χ0n) is 16.2. The van der Waals surface area contributed by atoms with E-state index in [-0.39, 0.29) is 23.0 Å². The van der Waals surface area contributed by atoms with Gasteiger partial charge in [0.25, 0.3) is 0 Å². The molecule has 0 spiro atoms. The average Bonchev–Trinajstić information content (AvgIpc) is 2.63. The predicted octanol–water partition coefficient (Wildman–Crippen LogP) is 4.26. The van der Waals surface area contributed by atoms with Gasteiger partial charge >= 0.3 is 0 Å². The van der Waals surface area contributed by atoms with Gasteiger partial charge in [-0.1, -0.05) is 56.3 Å². The summed E-state index contributed by atoms with van der Waals surface area (Å²) in [6, 6.07) is 17.9. The summed E-state index contributed by atoms with van der Waals surface area (Å²) in [5, 5.41) is 5.75. The van der Waals surface area contributed by atoms with Crippen LogP contribution in [0.3, 0.4) is 0 Å². The molecule has 0 aliphatic heterocycles. The van der Waals surface area contributed by atoms with Gasteiger partial charge in [0.05, 0.1) is 5.25 Å². The van der Waals surface area contributed by atoms with E-state index in [2.05, 4.69) is 36.6 Å². The number of hydrogen-bond donors (Lipinski definition) is 2. The van der Waals surface area contributed by atoms with E-state index in [0.717, 1.165) is 23.4 Å². The first-order chi connectivity index (χ1) is 13.0. The number of thioether (sulfide) groups is 1. The molecule has 2 N–H and O–H groups in total. The van der Waals surface area contributed by atoms with Crippen molar-refractivity contribution in [3.05, 3.63) is 65.7 Å². The highest BCUT2D eigenvalue weighted by Crippen LogP contribution is 2.24. The summed E-state index contributed by atoms with van der Waals surface area (Å²) in [6.45, 7) is 6.27. The number of carbonyl (C=O) groups is 2. The van der Waals surface area contributed by atoms with E-state index < -0.39 is 0 Å². The van der Waals surface area contributed by atoms with Crippen LogP contribution in [0.25, 0.3) is 0 Å². The topological polar surface area (TPSA) is 58.2 Å². The van der Waals surface area contributed by atoms with Gasteiger partial charge in [0.2, 0.25) is 11.8 Å². The van der Waals surface area contributed by atoms with Gasteiger partial charge in [0.1, 0.15) is 0 Å². The molecule has 5 heteroatoms. The molecular formula is C22H28N2O2S. The summed E-state index contributed by atoms with van der Waals surface area (Å²) >= 11 is 1.69. The molecule has 0 bridgehead atoms. The Balaban J connectivity index is 1.80. The van der Waals surface area contributed by atoms with Crippen LogP contribution < -0.4 is 10.6 Å². The number of amides is 2. The number of hydrogen-bond acceptors (Lipinski definition) is 3. The Labute approximate surface area is 166 Å². The first-order valence-electron chi connectivity index (χ1n) is 9.25.